The fraction of sp³-hybridized carbons (Fsp3) is 0.263. The normalized spacial score (nSPS) is 13.8. The Hall–Kier alpha value is -2.62. The molecule has 1 aliphatic carbocycles. The van der Waals surface area contributed by atoms with E-state index in [-0.39, 0.29) is 12.4 Å². The van der Waals surface area contributed by atoms with E-state index in [0.717, 1.165) is 36.0 Å². The van der Waals surface area contributed by atoms with Crippen LogP contribution in [0, 0.1) is 0 Å². The second-order valence-corrected chi connectivity index (χ2v) is 5.69. The highest BCUT2D eigenvalue weighted by Crippen LogP contribution is 2.24. The Balaban J connectivity index is 1.62. The van der Waals surface area contributed by atoms with Crippen LogP contribution < -0.4 is 5.32 Å². The van der Waals surface area contributed by atoms with Gasteiger partial charge in [0.15, 0.2) is 5.78 Å². The molecule has 0 bridgehead atoms. The number of aryl methyl sites for hydroxylation is 1. The van der Waals surface area contributed by atoms with Gasteiger partial charge in [-0.25, -0.2) is 4.79 Å². The molecule has 0 aliphatic heterocycles. The lowest BCUT2D eigenvalue weighted by atomic mass is 10.0. The second kappa shape index (κ2) is 7.09. The lowest BCUT2D eigenvalue weighted by Gasteiger charge is -2.10. The van der Waals surface area contributed by atoms with Gasteiger partial charge >= 0.3 is 6.09 Å². The first kappa shape index (κ1) is 15.3. The smallest absolute Gasteiger partial charge is 0.411 e. The molecule has 0 radical (unpaired) electrons. The van der Waals surface area contributed by atoms with Crippen LogP contribution in [0.1, 0.15) is 40.7 Å². The number of rotatable bonds is 3. The summed E-state index contributed by atoms with van der Waals surface area (Å²) in [6.07, 6.45) is 2.92. The molecule has 2 aromatic carbocycles. The number of amides is 1. The zero-order valence-corrected chi connectivity index (χ0v) is 12.9. The third kappa shape index (κ3) is 3.97. The number of hydrogen-bond acceptors (Lipinski definition) is 3. The summed E-state index contributed by atoms with van der Waals surface area (Å²) in [6, 6.07) is 15.0. The van der Waals surface area contributed by atoms with Crippen LogP contribution in [-0.4, -0.2) is 11.9 Å². The van der Waals surface area contributed by atoms with Crippen LogP contribution in [0.15, 0.2) is 48.5 Å². The molecule has 0 saturated heterocycles. The zero-order chi connectivity index (χ0) is 16.1. The van der Waals surface area contributed by atoms with Crippen LogP contribution in [-0.2, 0) is 17.8 Å². The van der Waals surface area contributed by atoms with Crippen LogP contribution in [0.2, 0.25) is 0 Å². The van der Waals surface area contributed by atoms with Crippen molar-refractivity contribution in [2.75, 3.05) is 5.32 Å². The first-order valence-electron chi connectivity index (χ1n) is 7.86. The minimum absolute atomic E-state index is 0.190. The Kier molecular flexibility index (Phi) is 4.71. The van der Waals surface area contributed by atoms with Gasteiger partial charge in [-0.2, -0.15) is 0 Å². The van der Waals surface area contributed by atoms with Gasteiger partial charge < -0.3 is 4.74 Å². The van der Waals surface area contributed by atoms with Crippen LogP contribution in [0.3, 0.4) is 0 Å². The summed E-state index contributed by atoms with van der Waals surface area (Å²) in [7, 11) is 0. The fourth-order valence-electron chi connectivity index (χ4n) is 2.76. The van der Waals surface area contributed by atoms with Crippen molar-refractivity contribution in [2.24, 2.45) is 0 Å². The van der Waals surface area contributed by atoms with Crippen LogP contribution in [0.4, 0.5) is 10.5 Å². The highest BCUT2D eigenvalue weighted by Gasteiger charge is 2.16. The summed E-state index contributed by atoms with van der Waals surface area (Å²) >= 11 is 0. The van der Waals surface area contributed by atoms with Gasteiger partial charge in [-0.3, -0.25) is 10.1 Å². The topological polar surface area (TPSA) is 55.4 Å². The summed E-state index contributed by atoms with van der Waals surface area (Å²) in [5, 5.41) is 2.73. The first-order chi connectivity index (χ1) is 11.2. The van der Waals surface area contributed by atoms with E-state index < -0.39 is 6.09 Å². The van der Waals surface area contributed by atoms with E-state index in [0.29, 0.717) is 12.1 Å². The molecule has 0 fully saturated rings. The fourth-order valence-corrected chi connectivity index (χ4v) is 2.76. The number of carbonyl (C=O) groups excluding carboxylic acids is 2. The molecule has 118 valence electrons. The Labute approximate surface area is 135 Å². The highest BCUT2D eigenvalue weighted by atomic mass is 16.5. The highest BCUT2D eigenvalue weighted by molar-refractivity contribution is 5.98. The van der Waals surface area contributed by atoms with Gasteiger partial charge in [0, 0.05) is 17.7 Å². The van der Waals surface area contributed by atoms with E-state index in [9.17, 15) is 9.59 Å². The lowest BCUT2D eigenvalue weighted by Crippen LogP contribution is -2.14. The molecule has 0 unspecified atom stereocenters. The first-order valence-corrected chi connectivity index (χ1v) is 7.86. The number of anilines is 1. The number of Topliss-reactive ketones (excluding diaryl/α,β-unsaturated/α-hetero) is 1. The number of ketones is 1. The van der Waals surface area contributed by atoms with Crippen molar-refractivity contribution in [3.63, 3.8) is 0 Å². The SMILES string of the molecule is O=C(Nc1ccc2c(c1)CCCCC2=O)OCc1ccccc1. The Morgan fingerprint density at radius 2 is 1.83 bits per heavy atom. The molecule has 0 spiro atoms. The van der Waals surface area contributed by atoms with E-state index in [1.54, 1.807) is 12.1 Å². The maximum Gasteiger partial charge on any atom is 0.411 e. The lowest BCUT2D eigenvalue weighted by molar-refractivity contribution is 0.0982. The summed E-state index contributed by atoms with van der Waals surface area (Å²) < 4.78 is 5.20. The summed E-state index contributed by atoms with van der Waals surface area (Å²) in [5.74, 6) is 0.190. The van der Waals surface area contributed by atoms with Gasteiger partial charge in [0.25, 0.3) is 0 Å². The second-order valence-electron chi connectivity index (χ2n) is 5.69. The van der Waals surface area contributed by atoms with Crippen molar-refractivity contribution in [1.29, 1.82) is 0 Å². The average Bonchev–Trinajstić information content (AvgIpc) is 2.75. The maximum atomic E-state index is 12.0. The number of hydrogen-bond donors (Lipinski definition) is 1. The monoisotopic (exact) mass is 309 g/mol. The van der Waals surface area contributed by atoms with Crippen molar-refractivity contribution in [2.45, 2.75) is 32.3 Å². The van der Waals surface area contributed by atoms with Crippen LogP contribution in [0.5, 0.6) is 0 Å². The number of nitrogens with one attached hydrogen (secondary N) is 1. The average molecular weight is 309 g/mol. The Morgan fingerprint density at radius 3 is 2.65 bits per heavy atom. The van der Waals surface area contributed by atoms with Crippen LogP contribution >= 0.6 is 0 Å². The molecule has 0 aromatic heterocycles. The molecule has 1 aliphatic rings. The molecule has 2 aromatic rings. The van der Waals surface area contributed by atoms with E-state index in [1.807, 2.05) is 36.4 Å². The largest absolute Gasteiger partial charge is 0.444 e. The molecular weight excluding hydrogens is 290 g/mol. The predicted molar refractivity (Wildman–Crippen MR) is 88.6 cm³/mol. The minimum Gasteiger partial charge on any atom is -0.444 e. The summed E-state index contributed by atoms with van der Waals surface area (Å²) in [6.45, 7) is 0.232. The molecule has 0 saturated carbocycles. The van der Waals surface area contributed by atoms with Crippen molar-refractivity contribution < 1.29 is 14.3 Å². The van der Waals surface area contributed by atoms with E-state index in [4.69, 9.17) is 4.74 Å². The van der Waals surface area contributed by atoms with Crippen molar-refractivity contribution in [3.05, 3.63) is 65.2 Å². The molecule has 0 heterocycles. The minimum atomic E-state index is -0.492. The molecule has 23 heavy (non-hydrogen) atoms. The molecule has 0 atom stereocenters. The zero-order valence-electron chi connectivity index (χ0n) is 12.9. The third-order valence-electron chi connectivity index (χ3n) is 3.96. The predicted octanol–water partition coefficient (Wildman–Crippen LogP) is 4.34. The Bertz CT molecular complexity index is 710. The molecule has 1 amide bonds. The van der Waals surface area contributed by atoms with Crippen LogP contribution in [0.25, 0.3) is 0 Å². The quantitative estimate of drug-likeness (QED) is 0.858. The molecule has 3 rings (SSSR count). The van der Waals surface area contributed by atoms with E-state index in [1.165, 1.54) is 0 Å². The van der Waals surface area contributed by atoms with Gasteiger partial charge in [-0.15, -0.1) is 0 Å². The summed E-state index contributed by atoms with van der Waals surface area (Å²) in [5.41, 5.74) is 3.39. The van der Waals surface area contributed by atoms with Crippen molar-refractivity contribution in [1.82, 2.24) is 0 Å². The molecule has 4 nitrogen and oxygen atoms in total. The van der Waals surface area contributed by atoms with Gasteiger partial charge in [0.2, 0.25) is 0 Å². The van der Waals surface area contributed by atoms with Gasteiger partial charge in [0.1, 0.15) is 6.61 Å². The molecule has 4 heteroatoms. The molecule has 1 N–H and O–H groups in total. The standard InChI is InChI=1S/C19H19NO3/c21-18-9-5-4-8-15-12-16(10-11-17(15)18)20-19(22)23-13-14-6-2-1-3-7-14/h1-3,6-7,10-12H,4-5,8-9,13H2,(H,20,22). The van der Waals surface area contributed by atoms with Crippen molar-refractivity contribution >= 4 is 17.6 Å². The number of carbonyl (C=O) groups is 2. The number of ether oxygens (including phenoxy) is 1. The van der Waals surface area contributed by atoms with E-state index >= 15 is 0 Å². The number of fused-ring (bicyclic) bond motifs is 1. The third-order valence-corrected chi connectivity index (χ3v) is 3.96. The van der Waals surface area contributed by atoms with Gasteiger partial charge in [-0.1, -0.05) is 30.3 Å². The van der Waals surface area contributed by atoms with Gasteiger partial charge in [0.05, 0.1) is 0 Å². The molecular formula is C19H19NO3. The van der Waals surface area contributed by atoms with Crippen molar-refractivity contribution in [3.8, 4) is 0 Å². The van der Waals surface area contributed by atoms with Gasteiger partial charge in [-0.05, 0) is 48.6 Å². The summed E-state index contributed by atoms with van der Waals surface area (Å²) in [4.78, 5) is 23.9. The van der Waals surface area contributed by atoms with E-state index in [2.05, 4.69) is 5.32 Å². The number of benzene rings is 2. The Morgan fingerprint density at radius 1 is 1.04 bits per heavy atom. The maximum absolute atomic E-state index is 12.0.